The van der Waals surface area contributed by atoms with E-state index in [1.807, 2.05) is 59.6 Å². The van der Waals surface area contributed by atoms with Crippen LogP contribution in [0.15, 0.2) is 67.0 Å². The predicted molar refractivity (Wildman–Crippen MR) is 90.0 cm³/mol. The maximum absolute atomic E-state index is 12.9. The van der Waals surface area contributed by atoms with E-state index in [0.717, 1.165) is 17.8 Å². The zero-order valence-electron chi connectivity index (χ0n) is 12.9. The van der Waals surface area contributed by atoms with Gasteiger partial charge in [0.1, 0.15) is 0 Å². The molecule has 114 valence electrons. The van der Waals surface area contributed by atoms with Crippen LogP contribution in [0.4, 0.5) is 5.69 Å². The van der Waals surface area contributed by atoms with Gasteiger partial charge in [-0.1, -0.05) is 18.2 Å². The molecule has 1 unspecified atom stereocenters. The summed E-state index contributed by atoms with van der Waals surface area (Å²) in [5.74, 6) is 0.0504. The molecule has 0 fully saturated rings. The van der Waals surface area contributed by atoms with E-state index >= 15 is 0 Å². The SMILES string of the molecule is CC1Cc2ccccc2N1C(=O)c1ccc(-n2cccn2)cc1. The second kappa shape index (κ2) is 5.39. The summed E-state index contributed by atoms with van der Waals surface area (Å²) in [5.41, 5.74) is 3.91. The van der Waals surface area contributed by atoms with Crippen LogP contribution in [0.1, 0.15) is 22.8 Å². The molecule has 1 atom stereocenters. The molecule has 0 bridgehead atoms. The summed E-state index contributed by atoms with van der Waals surface area (Å²) in [6.07, 6.45) is 4.53. The molecule has 2 heterocycles. The average Bonchev–Trinajstić information content (AvgIpc) is 3.21. The molecule has 1 aliphatic heterocycles. The summed E-state index contributed by atoms with van der Waals surface area (Å²) in [6, 6.07) is 17.8. The summed E-state index contributed by atoms with van der Waals surface area (Å²) in [6.45, 7) is 2.09. The quantitative estimate of drug-likeness (QED) is 0.727. The lowest BCUT2D eigenvalue weighted by Gasteiger charge is -2.23. The van der Waals surface area contributed by atoms with Crippen molar-refractivity contribution < 1.29 is 4.79 Å². The zero-order chi connectivity index (χ0) is 15.8. The molecule has 1 aromatic heterocycles. The highest BCUT2D eigenvalue weighted by atomic mass is 16.2. The molecule has 1 aliphatic rings. The number of aromatic nitrogens is 2. The summed E-state index contributed by atoms with van der Waals surface area (Å²) in [7, 11) is 0. The Hall–Kier alpha value is -2.88. The molecule has 4 heteroatoms. The van der Waals surface area contributed by atoms with Crippen LogP contribution >= 0.6 is 0 Å². The van der Waals surface area contributed by atoms with Crippen LogP contribution in [0, 0.1) is 0 Å². The average molecular weight is 303 g/mol. The van der Waals surface area contributed by atoms with Crippen molar-refractivity contribution in [3.63, 3.8) is 0 Å². The van der Waals surface area contributed by atoms with Gasteiger partial charge in [0.15, 0.2) is 0 Å². The molecule has 3 aromatic rings. The Morgan fingerprint density at radius 3 is 2.61 bits per heavy atom. The second-order valence-corrected chi connectivity index (χ2v) is 5.85. The number of benzene rings is 2. The molecule has 0 spiro atoms. The number of nitrogens with zero attached hydrogens (tertiary/aromatic N) is 3. The van der Waals surface area contributed by atoms with Gasteiger partial charge < -0.3 is 4.90 Å². The molecular formula is C19H17N3O. The molecule has 0 saturated heterocycles. The van der Waals surface area contributed by atoms with E-state index in [1.165, 1.54) is 5.56 Å². The minimum atomic E-state index is 0.0504. The van der Waals surface area contributed by atoms with E-state index in [2.05, 4.69) is 18.1 Å². The molecule has 4 nitrogen and oxygen atoms in total. The van der Waals surface area contributed by atoms with Crippen LogP contribution in [0.3, 0.4) is 0 Å². The number of carbonyl (C=O) groups is 1. The van der Waals surface area contributed by atoms with Crippen molar-refractivity contribution in [1.82, 2.24) is 9.78 Å². The van der Waals surface area contributed by atoms with E-state index in [0.29, 0.717) is 5.56 Å². The van der Waals surface area contributed by atoms with Gasteiger partial charge in [-0.05, 0) is 55.3 Å². The Kier molecular flexibility index (Phi) is 3.23. The first-order chi connectivity index (χ1) is 11.2. The van der Waals surface area contributed by atoms with Crippen molar-refractivity contribution >= 4 is 11.6 Å². The lowest BCUT2D eigenvalue weighted by atomic mass is 10.1. The normalized spacial score (nSPS) is 16.4. The molecule has 2 aromatic carbocycles. The van der Waals surface area contributed by atoms with Crippen LogP contribution < -0.4 is 4.90 Å². The highest BCUT2D eigenvalue weighted by Gasteiger charge is 2.31. The van der Waals surface area contributed by atoms with Gasteiger partial charge in [-0.25, -0.2) is 4.68 Å². The first-order valence-corrected chi connectivity index (χ1v) is 7.75. The molecule has 0 N–H and O–H groups in total. The molecule has 0 radical (unpaired) electrons. The van der Waals surface area contributed by atoms with Crippen LogP contribution in [-0.2, 0) is 6.42 Å². The highest BCUT2D eigenvalue weighted by Crippen LogP contribution is 2.33. The first-order valence-electron chi connectivity index (χ1n) is 7.75. The van der Waals surface area contributed by atoms with Gasteiger partial charge in [-0.15, -0.1) is 0 Å². The third kappa shape index (κ3) is 2.32. The monoisotopic (exact) mass is 303 g/mol. The number of hydrogen-bond donors (Lipinski definition) is 0. The van der Waals surface area contributed by atoms with E-state index in [4.69, 9.17) is 0 Å². The molecule has 0 aliphatic carbocycles. The lowest BCUT2D eigenvalue weighted by Crippen LogP contribution is -2.35. The largest absolute Gasteiger partial charge is 0.305 e. The number of amides is 1. The third-order valence-corrected chi connectivity index (χ3v) is 4.31. The first kappa shape index (κ1) is 13.8. The van der Waals surface area contributed by atoms with Gasteiger partial charge in [0.2, 0.25) is 0 Å². The molecule has 0 saturated carbocycles. The van der Waals surface area contributed by atoms with E-state index in [9.17, 15) is 4.79 Å². The Morgan fingerprint density at radius 1 is 1.09 bits per heavy atom. The topological polar surface area (TPSA) is 38.1 Å². The maximum atomic E-state index is 12.9. The Morgan fingerprint density at radius 2 is 1.87 bits per heavy atom. The van der Waals surface area contributed by atoms with Crippen molar-refractivity contribution in [2.75, 3.05) is 4.90 Å². The highest BCUT2D eigenvalue weighted by molar-refractivity contribution is 6.07. The molecule has 1 amide bonds. The summed E-state index contributed by atoms with van der Waals surface area (Å²) < 4.78 is 1.78. The van der Waals surface area contributed by atoms with Gasteiger partial charge in [0, 0.05) is 29.7 Å². The number of para-hydroxylation sites is 1. The van der Waals surface area contributed by atoms with Crippen LogP contribution in [0.25, 0.3) is 5.69 Å². The third-order valence-electron chi connectivity index (χ3n) is 4.31. The van der Waals surface area contributed by atoms with Gasteiger partial charge in [-0.2, -0.15) is 5.10 Å². The number of hydrogen-bond acceptors (Lipinski definition) is 2. The number of fused-ring (bicyclic) bond motifs is 1. The fourth-order valence-electron chi connectivity index (χ4n) is 3.19. The van der Waals surface area contributed by atoms with Crippen molar-refractivity contribution in [2.45, 2.75) is 19.4 Å². The maximum Gasteiger partial charge on any atom is 0.258 e. The number of carbonyl (C=O) groups excluding carboxylic acids is 1. The summed E-state index contributed by atoms with van der Waals surface area (Å²) in [4.78, 5) is 14.8. The van der Waals surface area contributed by atoms with Crippen molar-refractivity contribution in [3.8, 4) is 5.69 Å². The van der Waals surface area contributed by atoms with Crippen molar-refractivity contribution in [2.24, 2.45) is 0 Å². The van der Waals surface area contributed by atoms with E-state index in [1.54, 1.807) is 10.9 Å². The Labute approximate surface area is 135 Å². The van der Waals surface area contributed by atoms with Gasteiger partial charge in [0.05, 0.1) is 5.69 Å². The second-order valence-electron chi connectivity index (χ2n) is 5.85. The van der Waals surface area contributed by atoms with Crippen LogP contribution in [0.2, 0.25) is 0 Å². The predicted octanol–water partition coefficient (Wildman–Crippen LogP) is 3.46. The fraction of sp³-hybridized carbons (Fsp3) is 0.158. The molecule has 23 heavy (non-hydrogen) atoms. The molecular weight excluding hydrogens is 286 g/mol. The number of anilines is 1. The van der Waals surface area contributed by atoms with Crippen molar-refractivity contribution in [3.05, 3.63) is 78.1 Å². The van der Waals surface area contributed by atoms with Crippen LogP contribution in [0.5, 0.6) is 0 Å². The van der Waals surface area contributed by atoms with Crippen LogP contribution in [-0.4, -0.2) is 21.7 Å². The molecule has 4 rings (SSSR count). The zero-order valence-corrected chi connectivity index (χ0v) is 12.9. The Bertz CT molecular complexity index is 837. The van der Waals surface area contributed by atoms with Gasteiger partial charge in [-0.3, -0.25) is 4.79 Å². The Balaban J connectivity index is 1.65. The smallest absolute Gasteiger partial charge is 0.258 e. The van der Waals surface area contributed by atoms with E-state index in [-0.39, 0.29) is 11.9 Å². The van der Waals surface area contributed by atoms with Crippen molar-refractivity contribution in [1.29, 1.82) is 0 Å². The summed E-state index contributed by atoms with van der Waals surface area (Å²) >= 11 is 0. The van der Waals surface area contributed by atoms with E-state index < -0.39 is 0 Å². The minimum absolute atomic E-state index is 0.0504. The lowest BCUT2D eigenvalue weighted by molar-refractivity contribution is 0.0981. The number of rotatable bonds is 2. The van der Waals surface area contributed by atoms with Gasteiger partial charge in [0.25, 0.3) is 5.91 Å². The minimum Gasteiger partial charge on any atom is -0.305 e. The standard InChI is InChI=1S/C19H17N3O/c1-14-13-16-5-2-3-6-18(16)22(14)19(23)15-7-9-17(10-8-15)21-12-4-11-20-21/h2-12,14H,13H2,1H3. The van der Waals surface area contributed by atoms with Gasteiger partial charge >= 0.3 is 0 Å². The fourth-order valence-corrected chi connectivity index (χ4v) is 3.19. The summed E-state index contributed by atoms with van der Waals surface area (Å²) in [5, 5.41) is 4.20.